The number of unbranched alkanes of at least 4 members (excludes halogenated alkanes) is 10. The fraction of sp³-hybridized carbons (Fsp3) is 0.641. The van der Waals surface area contributed by atoms with E-state index in [0.717, 1.165) is 83.5 Å². The van der Waals surface area contributed by atoms with Crippen molar-refractivity contribution in [3.05, 3.63) is 72.9 Å². The summed E-state index contributed by atoms with van der Waals surface area (Å²) < 4.78 is 10.5. The number of aliphatic hydroxyl groups excluding tert-OH is 1. The summed E-state index contributed by atoms with van der Waals surface area (Å²) in [6.07, 6.45) is 45.2. The number of carbonyl (C=O) groups is 2. The van der Waals surface area contributed by atoms with Crippen LogP contribution in [0, 0.1) is 0 Å². The van der Waals surface area contributed by atoms with E-state index in [4.69, 9.17) is 9.47 Å². The van der Waals surface area contributed by atoms with Crippen molar-refractivity contribution in [2.75, 3.05) is 13.2 Å². The van der Waals surface area contributed by atoms with Crippen LogP contribution in [0.5, 0.6) is 0 Å². The molecule has 0 amide bonds. The van der Waals surface area contributed by atoms with Crippen LogP contribution in [-0.4, -0.2) is 36.4 Å². The van der Waals surface area contributed by atoms with Gasteiger partial charge in [-0.05, 0) is 83.5 Å². The molecule has 1 atom stereocenters. The molecule has 0 unspecified atom stereocenters. The summed E-state index contributed by atoms with van der Waals surface area (Å²) in [6.45, 7) is 3.92. The molecule has 0 saturated carbocycles. The highest BCUT2D eigenvalue weighted by Crippen LogP contribution is 2.10. The quantitative estimate of drug-likeness (QED) is 0.0496. The third-order valence-corrected chi connectivity index (χ3v) is 6.98. The number of aliphatic hydroxyl groups is 1. The van der Waals surface area contributed by atoms with Gasteiger partial charge in [0.2, 0.25) is 0 Å². The number of carbonyl (C=O) groups excluding carboxylic acids is 2. The lowest BCUT2D eigenvalue weighted by Gasteiger charge is -2.15. The Balaban J connectivity index is 3.71. The van der Waals surface area contributed by atoms with Crippen LogP contribution in [0.25, 0.3) is 0 Å². The molecular weight excluding hydrogens is 548 g/mol. The van der Waals surface area contributed by atoms with Crippen LogP contribution >= 0.6 is 0 Å². The maximum absolute atomic E-state index is 12.1. The van der Waals surface area contributed by atoms with Crippen molar-refractivity contribution >= 4 is 11.9 Å². The van der Waals surface area contributed by atoms with Gasteiger partial charge in [-0.1, -0.05) is 119 Å². The van der Waals surface area contributed by atoms with Gasteiger partial charge in [-0.2, -0.15) is 0 Å². The summed E-state index contributed by atoms with van der Waals surface area (Å²) in [4.78, 5) is 24.1. The highest BCUT2D eigenvalue weighted by Gasteiger charge is 2.16. The zero-order valence-corrected chi connectivity index (χ0v) is 28.1. The predicted octanol–water partition coefficient (Wildman–Crippen LogP) is 10.6. The molecule has 0 bridgehead atoms. The highest BCUT2D eigenvalue weighted by molar-refractivity contribution is 5.70. The number of ether oxygens (including phenoxy) is 2. The van der Waals surface area contributed by atoms with E-state index in [1.165, 1.54) is 32.1 Å². The monoisotopic (exact) mass is 612 g/mol. The number of hydrogen-bond acceptors (Lipinski definition) is 5. The van der Waals surface area contributed by atoms with Crippen LogP contribution in [0.1, 0.15) is 142 Å². The van der Waals surface area contributed by atoms with Gasteiger partial charge in [0.15, 0.2) is 6.10 Å². The molecule has 0 aromatic carbocycles. The van der Waals surface area contributed by atoms with E-state index in [1.807, 2.05) is 0 Å². The van der Waals surface area contributed by atoms with Crippen molar-refractivity contribution in [3.63, 3.8) is 0 Å². The van der Waals surface area contributed by atoms with E-state index in [9.17, 15) is 14.7 Å². The summed E-state index contributed by atoms with van der Waals surface area (Å²) in [5.41, 5.74) is 0. The van der Waals surface area contributed by atoms with E-state index in [-0.39, 0.29) is 25.2 Å². The van der Waals surface area contributed by atoms with Crippen LogP contribution in [0.15, 0.2) is 72.9 Å². The molecule has 0 aromatic heterocycles. The lowest BCUT2D eigenvalue weighted by molar-refractivity contribution is -0.161. The zero-order valence-electron chi connectivity index (χ0n) is 28.1. The SMILES string of the molecule is CC/C=C/C/C=C/C/C=C/C/C=C/CCCCC(=O)OC[C@H](CO)OC(=O)CCCCCCC/C=C/C/C=C/CCCCC. The van der Waals surface area contributed by atoms with Crippen LogP contribution in [0.4, 0.5) is 0 Å². The van der Waals surface area contributed by atoms with Crippen molar-refractivity contribution in [2.24, 2.45) is 0 Å². The Kier molecular flexibility index (Phi) is 32.7. The maximum atomic E-state index is 12.1. The van der Waals surface area contributed by atoms with E-state index in [0.29, 0.717) is 12.8 Å². The minimum atomic E-state index is -0.797. The first-order valence-electron chi connectivity index (χ1n) is 17.5. The molecule has 5 nitrogen and oxygen atoms in total. The standard InChI is InChI=1S/C39H64O5/c1-3-5-7-9-11-13-15-17-19-21-23-25-27-29-31-33-38(41)43-36-37(35-40)44-39(42)34-32-30-28-26-24-22-20-18-16-14-12-10-8-6-4-2/h5,7,11-14,17-20,23,25,37,40H,3-4,6,8-10,15-16,21-22,24,26-36H2,1-2H3/b7-5+,13-11+,14-12+,19-17+,20-18+,25-23+/t37-/m0/s1. The first-order valence-corrected chi connectivity index (χ1v) is 17.5. The van der Waals surface area contributed by atoms with Crippen LogP contribution in [0.3, 0.4) is 0 Å². The first-order chi connectivity index (χ1) is 21.6. The van der Waals surface area contributed by atoms with Crippen molar-refractivity contribution in [3.8, 4) is 0 Å². The third kappa shape index (κ3) is 32.3. The summed E-state index contributed by atoms with van der Waals surface area (Å²) in [5.74, 6) is -0.665. The zero-order chi connectivity index (χ0) is 32.2. The summed E-state index contributed by atoms with van der Waals surface area (Å²) >= 11 is 0. The number of esters is 2. The van der Waals surface area contributed by atoms with Crippen molar-refractivity contribution in [1.29, 1.82) is 0 Å². The molecule has 0 saturated heterocycles. The molecule has 0 spiro atoms. The Morgan fingerprint density at radius 1 is 0.545 bits per heavy atom. The van der Waals surface area contributed by atoms with E-state index >= 15 is 0 Å². The van der Waals surface area contributed by atoms with Gasteiger partial charge < -0.3 is 14.6 Å². The Hall–Kier alpha value is -2.66. The van der Waals surface area contributed by atoms with Gasteiger partial charge in [0.25, 0.3) is 0 Å². The fourth-order valence-electron chi connectivity index (χ4n) is 4.34. The average molecular weight is 613 g/mol. The van der Waals surface area contributed by atoms with Crippen LogP contribution in [0.2, 0.25) is 0 Å². The van der Waals surface area contributed by atoms with Gasteiger partial charge >= 0.3 is 11.9 Å². The average Bonchev–Trinajstić information content (AvgIpc) is 3.02. The second-order valence-corrected chi connectivity index (χ2v) is 11.2. The van der Waals surface area contributed by atoms with E-state index < -0.39 is 6.10 Å². The molecule has 0 rings (SSSR count). The second kappa shape index (κ2) is 34.8. The number of allylic oxidation sites excluding steroid dienone is 12. The molecule has 0 aromatic rings. The number of hydrogen-bond donors (Lipinski definition) is 1. The Morgan fingerprint density at radius 3 is 1.52 bits per heavy atom. The van der Waals surface area contributed by atoms with Gasteiger partial charge in [-0.25, -0.2) is 0 Å². The topological polar surface area (TPSA) is 72.8 Å². The van der Waals surface area contributed by atoms with Gasteiger partial charge in [-0.3, -0.25) is 9.59 Å². The normalized spacial score (nSPS) is 13.1. The minimum absolute atomic E-state index is 0.0971. The molecule has 250 valence electrons. The fourth-order valence-corrected chi connectivity index (χ4v) is 4.34. The van der Waals surface area contributed by atoms with Gasteiger partial charge in [0.05, 0.1) is 6.61 Å². The largest absolute Gasteiger partial charge is 0.462 e. The summed E-state index contributed by atoms with van der Waals surface area (Å²) in [5, 5.41) is 9.51. The van der Waals surface area contributed by atoms with E-state index in [1.54, 1.807) is 0 Å². The second-order valence-electron chi connectivity index (χ2n) is 11.2. The smallest absolute Gasteiger partial charge is 0.306 e. The van der Waals surface area contributed by atoms with Crippen LogP contribution < -0.4 is 0 Å². The molecule has 0 fully saturated rings. The molecule has 0 aliphatic rings. The Morgan fingerprint density at radius 2 is 0.977 bits per heavy atom. The van der Waals surface area contributed by atoms with Gasteiger partial charge in [-0.15, -0.1) is 0 Å². The van der Waals surface area contributed by atoms with Gasteiger partial charge in [0, 0.05) is 12.8 Å². The third-order valence-electron chi connectivity index (χ3n) is 6.98. The first kappa shape index (κ1) is 41.3. The highest BCUT2D eigenvalue weighted by atomic mass is 16.6. The number of rotatable bonds is 30. The van der Waals surface area contributed by atoms with Crippen LogP contribution in [-0.2, 0) is 19.1 Å². The van der Waals surface area contributed by atoms with Gasteiger partial charge in [0.1, 0.15) is 6.61 Å². The molecule has 44 heavy (non-hydrogen) atoms. The van der Waals surface area contributed by atoms with Crippen molar-refractivity contribution < 1.29 is 24.2 Å². The van der Waals surface area contributed by atoms with Crippen molar-refractivity contribution in [2.45, 2.75) is 148 Å². The Bertz CT molecular complexity index is 833. The molecule has 0 aliphatic carbocycles. The maximum Gasteiger partial charge on any atom is 0.306 e. The molecule has 0 radical (unpaired) electrons. The molecular formula is C39H64O5. The Labute approximate surface area is 270 Å². The summed E-state index contributed by atoms with van der Waals surface area (Å²) in [6, 6.07) is 0. The van der Waals surface area contributed by atoms with Crippen molar-refractivity contribution in [1.82, 2.24) is 0 Å². The lowest BCUT2D eigenvalue weighted by atomic mass is 10.1. The minimum Gasteiger partial charge on any atom is -0.462 e. The summed E-state index contributed by atoms with van der Waals surface area (Å²) in [7, 11) is 0. The predicted molar refractivity (Wildman–Crippen MR) is 186 cm³/mol. The molecule has 0 aliphatic heterocycles. The molecule has 0 heterocycles. The molecule has 1 N–H and O–H groups in total. The molecule has 5 heteroatoms. The lowest BCUT2D eigenvalue weighted by Crippen LogP contribution is -2.28. The van der Waals surface area contributed by atoms with E-state index in [2.05, 4.69) is 86.8 Å².